The van der Waals surface area contributed by atoms with Crippen LogP contribution >= 0.6 is 0 Å². The van der Waals surface area contributed by atoms with E-state index in [4.69, 9.17) is 4.42 Å². The Bertz CT molecular complexity index is 346. The van der Waals surface area contributed by atoms with Gasteiger partial charge in [-0.05, 0) is 38.9 Å². The molecule has 2 rings (SSSR count). The fourth-order valence-electron chi connectivity index (χ4n) is 2.42. The standard InChI is InChI=1S/C13H22N2O/c1-10-4-5-15(8-10)9-12-6-13(7-14-3)16-11(12)2/h6,10,14H,4-5,7-9H2,1-3H3. The van der Waals surface area contributed by atoms with Crippen molar-refractivity contribution in [3.63, 3.8) is 0 Å². The Morgan fingerprint density at radius 3 is 3.00 bits per heavy atom. The lowest BCUT2D eigenvalue weighted by atomic mass is 10.2. The fraction of sp³-hybridized carbons (Fsp3) is 0.692. The third kappa shape index (κ3) is 2.66. The average Bonchev–Trinajstić information content (AvgIpc) is 2.76. The van der Waals surface area contributed by atoms with Gasteiger partial charge in [0, 0.05) is 18.7 Å². The van der Waals surface area contributed by atoms with Gasteiger partial charge in [-0.15, -0.1) is 0 Å². The number of nitrogens with one attached hydrogen (secondary N) is 1. The predicted molar refractivity (Wildman–Crippen MR) is 65.3 cm³/mol. The molecule has 1 unspecified atom stereocenters. The van der Waals surface area contributed by atoms with Gasteiger partial charge in [0.25, 0.3) is 0 Å². The largest absolute Gasteiger partial charge is 0.465 e. The van der Waals surface area contributed by atoms with Gasteiger partial charge in [0.15, 0.2) is 0 Å². The van der Waals surface area contributed by atoms with Gasteiger partial charge in [-0.2, -0.15) is 0 Å². The minimum absolute atomic E-state index is 0.817. The fourth-order valence-corrected chi connectivity index (χ4v) is 2.42. The molecule has 1 aromatic rings. The van der Waals surface area contributed by atoms with Gasteiger partial charge in [-0.25, -0.2) is 0 Å². The van der Waals surface area contributed by atoms with Crippen LogP contribution in [0.5, 0.6) is 0 Å². The van der Waals surface area contributed by atoms with E-state index in [2.05, 4.69) is 30.1 Å². The van der Waals surface area contributed by atoms with Crippen molar-refractivity contribution in [2.45, 2.75) is 33.4 Å². The van der Waals surface area contributed by atoms with Crippen LogP contribution in [0, 0.1) is 12.8 Å². The zero-order valence-corrected chi connectivity index (χ0v) is 10.5. The molecule has 0 amide bonds. The van der Waals surface area contributed by atoms with Crippen LogP contribution in [0.1, 0.15) is 30.4 Å². The van der Waals surface area contributed by atoms with E-state index in [0.717, 1.165) is 30.5 Å². The van der Waals surface area contributed by atoms with Gasteiger partial charge in [0.05, 0.1) is 6.54 Å². The van der Waals surface area contributed by atoms with E-state index in [1.54, 1.807) is 0 Å². The summed E-state index contributed by atoms with van der Waals surface area (Å²) < 4.78 is 5.70. The average molecular weight is 222 g/mol. The van der Waals surface area contributed by atoms with Crippen LogP contribution < -0.4 is 5.32 Å². The number of hydrogen-bond acceptors (Lipinski definition) is 3. The van der Waals surface area contributed by atoms with Gasteiger partial charge in [0.1, 0.15) is 11.5 Å². The summed E-state index contributed by atoms with van der Waals surface area (Å²) >= 11 is 0. The SMILES string of the molecule is CNCc1cc(CN2CCC(C)C2)c(C)o1. The Balaban J connectivity index is 1.98. The van der Waals surface area contributed by atoms with Gasteiger partial charge in [0.2, 0.25) is 0 Å². The molecule has 1 aromatic heterocycles. The summed E-state index contributed by atoms with van der Waals surface area (Å²) in [5, 5.41) is 3.12. The first-order valence-electron chi connectivity index (χ1n) is 6.14. The van der Waals surface area contributed by atoms with Crippen molar-refractivity contribution >= 4 is 0 Å². The lowest BCUT2D eigenvalue weighted by Gasteiger charge is -2.14. The molecule has 1 aliphatic heterocycles. The molecule has 2 heterocycles. The molecule has 0 bridgehead atoms. The van der Waals surface area contributed by atoms with E-state index in [1.807, 2.05) is 7.05 Å². The molecular formula is C13H22N2O. The molecule has 0 aromatic carbocycles. The topological polar surface area (TPSA) is 28.4 Å². The quantitative estimate of drug-likeness (QED) is 0.846. The zero-order valence-electron chi connectivity index (χ0n) is 10.5. The Labute approximate surface area is 97.8 Å². The third-order valence-electron chi connectivity index (χ3n) is 3.32. The molecule has 0 spiro atoms. The van der Waals surface area contributed by atoms with Crippen LogP contribution in [0.15, 0.2) is 10.5 Å². The summed E-state index contributed by atoms with van der Waals surface area (Å²) in [5.41, 5.74) is 1.35. The number of rotatable bonds is 4. The summed E-state index contributed by atoms with van der Waals surface area (Å²) in [6.07, 6.45) is 1.33. The molecule has 1 atom stereocenters. The summed E-state index contributed by atoms with van der Waals surface area (Å²) in [6, 6.07) is 2.19. The van der Waals surface area contributed by atoms with E-state index in [0.29, 0.717) is 0 Å². The molecule has 1 fully saturated rings. The highest BCUT2D eigenvalue weighted by atomic mass is 16.3. The highest BCUT2D eigenvalue weighted by molar-refractivity contribution is 5.20. The highest BCUT2D eigenvalue weighted by Crippen LogP contribution is 2.21. The molecule has 90 valence electrons. The molecule has 1 aliphatic rings. The van der Waals surface area contributed by atoms with E-state index in [-0.39, 0.29) is 0 Å². The van der Waals surface area contributed by atoms with Crippen molar-refractivity contribution < 1.29 is 4.42 Å². The van der Waals surface area contributed by atoms with E-state index in [1.165, 1.54) is 25.1 Å². The highest BCUT2D eigenvalue weighted by Gasteiger charge is 2.20. The van der Waals surface area contributed by atoms with E-state index < -0.39 is 0 Å². The van der Waals surface area contributed by atoms with Crippen molar-refractivity contribution in [2.24, 2.45) is 5.92 Å². The first-order valence-corrected chi connectivity index (χ1v) is 6.14. The lowest BCUT2D eigenvalue weighted by Crippen LogP contribution is -2.19. The second kappa shape index (κ2) is 5.02. The van der Waals surface area contributed by atoms with Crippen LogP contribution in [-0.2, 0) is 13.1 Å². The maximum absolute atomic E-state index is 5.70. The number of nitrogens with zero attached hydrogens (tertiary/aromatic N) is 1. The molecule has 3 heteroatoms. The molecule has 0 aliphatic carbocycles. The summed E-state index contributed by atoms with van der Waals surface area (Å²) in [6.45, 7) is 8.71. The van der Waals surface area contributed by atoms with Crippen LogP contribution in [0.2, 0.25) is 0 Å². The van der Waals surface area contributed by atoms with Crippen molar-refractivity contribution in [1.29, 1.82) is 0 Å². The van der Waals surface area contributed by atoms with Crippen LogP contribution in [-0.4, -0.2) is 25.0 Å². The zero-order chi connectivity index (χ0) is 11.5. The number of furan rings is 1. The van der Waals surface area contributed by atoms with Crippen molar-refractivity contribution in [2.75, 3.05) is 20.1 Å². The van der Waals surface area contributed by atoms with E-state index >= 15 is 0 Å². The number of aryl methyl sites for hydroxylation is 1. The molecule has 16 heavy (non-hydrogen) atoms. The normalized spacial score (nSPS) is 21.8. The van der Waals surface area contributed by atoms with Crippen LogP contribution in [0.3, 0.4) is 0 Å². The maximum atomic E-state index is 5.70. The van der Waals surface area contributed by atoms with Crippen molar-refractivity contribution in [1.82, 2.24) is 10.2 Å². The third-order valence-corrected chi connectivity index (χ3v) is 3.32. The number of hydrogen-bond donors (Lipinski definition) is 1. The Morgan fingerprint density at radius 1 is 1.56 bits per heavy atom. The second-order valence-electron chi connectivity index (χ2n) is 4.95. The molecule has 0 saturated carbocycles. The Hall–Kier alpha value is -0.800. The predicted octanol–water partition coefficient (Wildman–Crippen LogP) is 2.15. The van der Waals surface area contributed by atoms with Gasteiger partial charge in [-0.3, -0.25) is 4.90 Å². The van der Waals surface area contributed by atoms with Gasteiger partial charge in [-0.1, -0.05) is 6.92 Å². The lowest BCUT2D eigenvalue weighted by molar-refractivity contribution is 0.317. The molecular weight excluding hydrogens is 200 g/mol. The Morgan fingerprint density at radius 2 is 2.38 bits per heavy atom. The van der Waals surface area contributed by atoms with Crippen molar-refractivity contribution in [3.8, 4) is 0 Å². The van der Waals surface area contributed by atoms with Crippen LogP contribution in [0.4, 0.5) is 0 Å². The van der Waals surface area contributed by atoms with E-state index in [9.17, 15) is 0 Å². The summed E-state index contributed by atoms with van der Waals surface area (Å²) in [7, 11) is 1.94. The van der Waals surface area contributed by atoms with Gasteiger partial charge >= 0.3 is 0 Å². The molecule has 1 N–H and O–H groups in total. The van der Waals surface area contributed by atoms with Crippen molar-refractivity contribution in [3.05, 3.63) is 23.2 Å². The molecule has 1 saturated heterocycles. The molecule has 3 nitrogen and oxygen atoms in total. The first-order chi connectivity index (χ1) is 7.69. The molecule has 0 radical (unpaired) electrons. The van der Waals surface area contributed by atoms with Gasteiger partial charge < -0.3 is 9.73 Å². The Kier molecular flexibility index (Phi) is 3.66. The van der Waals surface area contributed by atoms with Crippen LogP contribution in [0.25, 0.3) is 0 Å². The second-order valence-corrected chi connectivity index (χ2v) is 4.95. The minimum Gasteiger partial charge on any atom is -0.465 e. The summed E-state index contributed by atoms with van der Waals surface area (Å²) in [5.74, 6) is 2.97. The maximum Gasteiger partial charge on any atom is 0.118 e. The number of likely N-dealkylation sites (tertiary alicyclic amines) is 1. The monoisotopic (exact) mass is 222 g/mol. The summed E-state index contributed by atoms with van der Waals surface area (Å²) in [4.78, 5) is 2.52. The smallest absolute Gasteiger partial charge is 0.118 e. The first kappa shape index (κ1) is 11.7. The minimum atomic E-state index is 0.817.